The topological polar surface area (TPSA) is 218 Å². The number of carbonyl (C=O) groups is 6. The SMILES string of the molecule is CC(=O)O[C@@H]1[C@@H](OC(C)=O)/C(C)=C\[C@@H]2OC(=O)[C@@](C)(O)[C@@]2(O)[C@H](OC(C)=O)[C@H]2[C@](C)(O)[C@H](OC(C)=O)C=C[C@]2(C)[C@H]1OC(C)=O. The molecule has 0 amide bonds. The first-order valence-corrected chi connectivity index (χ1v) is 14.1. The number of rotatable bonds is 5. The van der Waals surface area contributed by atoms with E-state index in [2.05, 4.69) is 0 Å². The van der Waals surface area contributed by atoms with Crippen molar-refractivity contribution in [2.24, 2.45) is 11.3 Å². The summed E-state index contributed by atoms with van der Waals surface area (Å²) in [6.45, 7) is 10.1. The normalized spacial score (nSPS) is 42.0. The Bertz CT molecular complexity index is 1330. The molecule has 0 spiro atoms. The van der Waals surface area contributed by atoms with Crippen LogP contribution in [0.5, 0.6) is 0 Å². The highest BCUT2D eigenvalue weighted by Crippen LogP contribution is 2.56. The van der Waals surface area contributed by atoms with Crippen LogP contribution in [0, 0.1) is 11.3 Å². The van der Waals surface area contributed by atoms with E-state index < -0.39 is 101 Å². The van der Waals surface area contributed by atoms with Gasteiger partial charge in [-0.1, -0.05) is 13.0 Å². The van der Waals surface area contributed by atoms with Crippen molar-refractivity contribution in [3.8, 4) is 0 Å². The third-order valence-electron chi connectivity index (χ3n) is 8.63. The van der Waals surface area contributed by atoms with Crippen LogP contribution in [-0.2, 0) is 57.2 Å². The van der Waals surface area contributed by atoms with Crippen molar-refractivity contribution >= 4 is 35.8 Å². The van der Waals surface area contributed by atoms with Gasteiger partial charge in [0.05, 0.1) is 0 Å². The van der Waals surface area contributed by atoms with Gasteiger partial charge in [0.2, 0.25) is 0 Å². The van der Waals surface area contributed by atoms with E-state index in [9.17, 15) is 44.1 Å². The summed E-state index contributed by atoms with van der Waals surface area (Å²) in [5.41, 5.74) is -9.95. The molecular formula is C30H40O15. The maximum atomic E-state index is 13.1. The summed E-state index contributed by atoms with van der Waals surface area (Å²) in [6, 6.07) is 0. The van der Waals surface area contributed by atoms with Gasteiger partial charge in [-0.05, 0) is 38.5 Å². The molecule has 3 aliphatic rings. The Kier molecular flexibility index (Phi) is 9.65. The van der Waals surface area contributed by atoms with Gasteiger partial charge in [-0.2, -0.15) is 0 Å². The zero-order chi connectivity index (χ0) is 34.4. The minimum atomic E-state index is -2.89. The molecule has 0 radical (unpaired) electrons. The van der Waals surface area contributed by atoms with Crippen molar-refractivity contribution in [1.29, 1.82) is 0 Å². The van der Waals surface area contributed by atoms with Gasteiger partial charge in [-0.25, -0.2) is 4.79 Å². The summed E-state index contributed by atoms with van der Waals surface area (Å²) in [7, 11) is 0. The highest BCUT2D eigenvalue weighted by atomic mass is 16.6. The first kappa shape index (κ1) is 35.7. The minimum absolute atomic E-state index is 0.00971. The van der Waals surface area contributed by atoms with E-state index in [0.29, 0.717) is 0 Å². The number of aliphatic hydroxyl groups is 3. The molecule has 1 saturated heterocycles. The predicted molar refractivity (Wildman–Crippen MR) is 148 cm³/mol. The quantitative estimate of drug-likeness (QED) is 0.204. The number of hydrogen-bond acceptors (Lipinski definition) is 15. The van der Waals surface area contributed by atoms with Crippen molar-refractivity contribution in [3.05, 3.63) is 23.8 Å². The van der Waals surface area contributed by atoms with Gasteiger partial charge in [-0.15, -0.1) is 0 Å². The Morgan fingerprint density at radius 3 is 1.73 bits per heavy atom. The lowest BCUT2D eigenvalue weighted by atomic mass is 9.53. The average molecular weight is 641 g/mol. The second kappa shape index (κ2) is 12.2. The van der Waals surface area contributed by atoms with Gasteiger partial charge in [-0.3, -0.25) is 24.0 Å². The Hall–Kier alpha value is -3.82. The van der Waals surface area contributed by atoms with E-state index in [1.807, 2.05) is 0 Å². The van der Waals surface area contributed by atoms with E-state index >= 15 is 0 Å². The second-order valence-corrected chi connectivity index (χ2v) is 12.3. The molecule has 2 aliphatic carbocycles. The Balaban J connectivity index is 2.60. The molecule has 1 heterocycles. The van der Waals surface area contributed by atoms with E-state index in [4.69, 9.17) is 28.4 Å². The molecule has 0 unspecified atom stereocenters. The predicted octanol–water partition coefficient (Wildman–Crippen LogP) is -0.0444. The zero-order valence-corrected chi connectivity index (χ0v) is 26.5. The van der Waals surface area contributed by atoms with Crippen LogP contribution in [0.15, 0.2) is 23.8 Å². The molecule has 1 aliphatic heterocycles. The summed E-state index contributed by atoms with van der Waals surface area (Å²) < 4.78 is 33.4. The number of fused-ring (bicyclic) bond motifs is 2. The lowest BCUT2D eigenvalue weighted by molar-refractivity contribution is -0.266. The fourth-order valence-corrected chi connectivity index (χ4v) is 6.73. The van der Waals surface area contributed by atoms with Crippen molar-refractivity contribution in [2.75, 3.05) is 0 Å². The van der Waals surface area contributed by atoms with Crippen molar-refractivity contribution in [2.45, 2.75) is 116 Å². The van der Waals surface area contributed by atoms with Gasteiger partial charge in [0.15, 0.2) is 35.6 Å². The van der Waals surface area contributed by atoms with Crippen LogP contribution in [0.1, 0.15) is 62.3 Å². The van der Waals surface area contributed by atoms with Crippen LogP contribution in [0.3, 0.4) is 0 Å². The van der Waals surface area contributed by atoms with Gasteiger partial charge in [0, 0.05) is 46.0 Å². The van der Waals surface area contributed by atoms with Gasteiger partial charge in [0.25, 0.3) is 0 Å². The zero-order valence-electron chi connectivity index (χ0n) is 26.5. The Labute approximate surface area is 259 Å². The molecule has 0 saturated carbocycles. The fourth-order valence-electron chi connectivity index (χ4n) is 6.73. The largest absolute Gasteiger partial charge is 0.459 e. The molecule has 0 bridgehead atoms. The molecule has 45 heavy (non-hydrogen) atoms. The van der Waals surface area contributed by atoms with Crippen LogP contribution >= 0.6 is 0 Å². The van der Waals surface area contributed by atoms with E-state index in [1.54, 1.807) is 0 Å². The first-order chi connectivity index (χ1) is 20.5. The van der Waals surface area contributed by atoms with E-state index in [1.165, 1.54) is 32.9 Å². The lowest BCUT2D eigenvalue weighted by Crippen LogP contribution is -2.74. The average Bonchev–Trinajstić information content (AvgIpc) is 3.04. The maximum Gasteiger partial charge on any atom is 0.341 e. The molecular weight excluding hydrogens is 600 g/mol. The van der Waals surface area contributed by atoms with Crippen molar-refractivity contribution < 1.29 is 72.5 Å². The van der Waals surface area contributed by atoms with Crippen molar-refractivity contribution in [3.63, 3.8) is 0 Å². The smallest absolute Gasteiger partial charge is 0.341 e. The molecule has 0 aromatic heterocycles. The standard InChI is InChI=1S/C30H40O15/c1-13-12-20-30(39,29(9,38)26(36)45-20)25(44-18(6)35)23-27(7,11-10-19(28(23,8)37)40-14(2)31)24(43-17(5)34)22(42-16(4)33)21(13)41-15(3)32/h10-12,19-25,37-39H,1-9H3/b13-12-/t19-,20+,21+,22-,23-,24+,25-,27+,28-,29-,30+/m1/s1. The summed E-state index contributed by atoms with van der Waals surface area (Å²) in [6.07, 6.45) is -6.63. The van der Waals surface area contributed by atoms with Crippen molar-refractivity contribution in [1.82, 2.24) is 0 Å². The number of esters is 6. The summed E-state index contributed by atoms with van der Waals surface area (Å²) in [5, 5.41) is 36.3. The monoisotopic (exact) mass is 640 g/mol. The Morgan fingerprint density at radius 2 is 1.24 bits per heavy atom. The number of hydrogen-bond donors (Lipinski definition) is 3. The van der Waals surface area contributed by atoms with E-state index in [-0.39, 0.29) is 5.57 Å². The van der Waals surface area contributed by atoms with Crippen LogP contribution in [0.25, 0.3) is 0 Å². The molecule has 0 aromatic carbocycles. The number of ether oxygens (including phenoxy) is 6. The van der Waals surface area contributed by atoms with Crippen LogP contribution in [0.4, 0.5) is 0 Å². The van der Waals surface area contributed by atoms with Gasteiger partial charge < -0.3 is 43.7 Å². The molecule has 3 rings (SSSR count). The summed E-state index contributed by atoms with van der Waals surface area (Å²) in [5.74, 6) is -7.64. The molecule has 0 aromatic rings. The molecule has 250 valence electrons. The molecule has 11 atom stereocenters. The fraction of sp³-hybridized carbons (Fsp3) is 0.667. The van der Waals surface area contributed by atoms with E-state index in [0.717, 1.165) is 47.6 Å². The molecule has 1 fully saturated rings. The highest BCUT2D eigenvalue weighted by Gasteiger charge is 2.75. The minimum Gasteiger partial charge on any atom is -0.459 e. The lowest BCUT2D eigenvalue weighted by Gasteiger charge is -2.58. The molecule has 15 nitrogen and oxygen atoms in total. The Morgan fingerprint density at radius 1 is 0.756 bits per heavy atom. The third-order valence-corrected chi connectivity index (χ3v) is 8.63. The second-order valence-electron chi connectivity index (χ2n) is 12.3. The molecule has 15 heteroatoms. The first-order valence-electron chi connectivity index (χ1n) is 14.1. The summed E-state index contributed by atoms with van der Waals surface area (Å²) in [4.78, 5) is 75.4. The van der Waals surface area contributed by atoms with Crippen LogP contribution in [-0.4, -0.2) is 105 Å². The van der Waals surface area contributed by atoms with Gasteiger partial charge >= 0.3 is 35.8 Å². The van der Waals surface area contributed by atoms with Gasteiger partial charge in [0.1, 0.15) is 17.8 Å². The van der Waals surface area contributed by atoms with Crippen LogP contribution < -0.4 is 0 Å². The maximum absolute atomic E-state index is 13.1. The highest BCUT2D eigenvalue weighted by molar-refractivity contribution is 5.84. The molecule has 3 N–H and O–H groups in total. The van der Waals surface area contributed by atoms with Crippen LogP contribution in [0.2, 0.25) is 0 Å². The third kappa shape index (κ3) is 6.20. The number of carbonyl (C=O) groups excluding carboxylic acids is 6. The summed E-state index contributed by atoms with van der Waals surface area (Å²) >= 11 is 0.